The normalized spacial score (nSPS) is 10.5. The zero-order chi connectivity index (χ0) is 19.1. The van der Waals surface area contributed by atoms with Gasteiger partial charge in [0.05, 0.1) is 6.61 Å². The van der Waals surface area contributed by atoms with Crippen LogP contribution in [0.4, 0.5) is 0 Å². The summed E-state index contributed by atoms with van der Waals surface area (Å²) in [5.41, 5.74) is 2.15. The lowest BCUT2D eigenvalue weighted by Crippen LogP contribution is -2.26. The molecule has 2 amide bonds. The zero-order valence-corrected chi connectivity index (χ0v) is 15.8. The third kappa shape index (κ3) is 5.34. The van der Waals surface area contributed by atoms with Gasteiger partial charge in [-0.15, -0.1) is 0 Å². The summed E-state index contributed by atoms with van der Waals surface area (Å²) in [5.74, 6) is 0.928. The van der Waals surface area contributed by atoms with Crippen molar-refractivity contribution in [2.24, 2.45) is 5.92 Å². The van der Waals surface area contributed by atoms with Crippen LogP contribution in [-0.4, -0.2) is 37.4 Å². The van der Waals surface area contributed by atoms with Gasteiger partial charge in [-0.25, -0.2) is 0 Å². The minimum atomic E-state index is -0.126. The Hall–Kier alpha value is -2.82. The first-order valence-corrected chi connectivity index (χ1v) is 8.70. The van der Waals surface area contributed by atoms with Crippen LogP contribution in [0.3, 0.4) is 0 Å². The molecule has 0 aromatic heterocycles. The van der Waals surface area contributed by atoms with Crippen molar-refractivity contribution in [3.63, 3.8) is 0 Å². The van der Waals surface area contributed by atoms with Gasteiger partial charge in [-0.3, -0.25) is 9.59 Å². The van der Waals surface area contributed by atoms with Crippen molar-refractivity contribution in [1.29, 1.82) is 0 Å². The number of hydrogen-bond acceptors (Lipinski definition) is 3. The van der Waals surface area contributed by atoms with E-state index in [0.717, 1.165) is 5.56 Å². The lowest BCUT2D eigenvalue weighted by atomic mass is 10.1. The average Bonchev–Trinajstić information content (AvgIpc) is 2.65. The molecule has 0 heterocycles. The monoisotopic (exact) mass is 354 g/mol. The smallest absolute Gasteiger partial charge is 0.254 e. The number of rotatable bonds is 7. The van der Waals surface area contributed by atoms with Crippen molar-refractivity contribution in [2.75, 3.05) is 20.7 Å². The summed E-state index contributed by atoms with van der Waals surface area (Å²) in [5, 5.41) is 2.59. The molecule has 5 heteroatoms. The number of ether oxygens (including phenoxy) is 1. The maximum absolute atomic E-state index is 12.7. The van der Waals surface area contributed by atoms with Crippen LogP contribution in [0.5, 0.6) is 5.75 Å². The number of nitrogens with one attached hydrogen (secondary N) is 1. The van der Waals surface area contributed by atoms with Crippen molar-refractivity contribution < 1.29 is 14.3 Å². The van der Waals surface area contributed by atoms with E-state index in [9.17, 15) is 9.59 Å². The molecule has 2 aromatic carbocycles. The van der Waals surface area contributed by atoms with Crippen LogP contribution in [0.15, 0.2) is 48.5 Å². The van der Waals surface area contributed by atoms with Gasteiger partial charge in [0.15, 0.2) is 0 Å². The first kappa shape index (κ1) is 19.5. The standard InChI is InChI=1S/C21H26N2O3/c1-15(2)14-26-19-7-5-6-18(12-19)21(25)23(4)13-16-8-10-17(11-9-16)20(24)22-3/h5-12,15H,13-14H2,1-4H3,(H,22,24). The number of carbonyl (C=O) groups excluding carboxylic acids is 2. The van der Waals surface area contributed by atoms with Gasteiger partial charge in [-0.05, 0) is 41.8 Å². The molecule has 2 rings (SSSR count). The van der Waals surface area contributed by atoms with Crippen LogP contribution < -0.4 is 10.1 Å². The minimum absolute atomic E-state index is 0.0737. The van der Waals surface area contributed by atoms with E-state index in [1.165, 1.54) is 0 Å². The van der Waals surface area contributed by atoms with E-state index in [2.05, 4.69) is 19.2 Å². The molecular formula is C21H26N2O3. The second-order valence-corrected chi connectivity index (χ2v) is 6.67. The molecule has 0 radical (unpaired) electrons. The van der Waals surface area contributed by atoms with E-state index in [1.807, 2.05) is 24.3 Å². The Balaban J connectivity index is 2.03. The van der Waals surface area contributed by atoms with Gasteiger partial charge < -0.3 is 15.0 Å². The molecule has 26 heavy (non-hydrogen) atoms. The van der Waals surface area contributed by atoms with Gasteiger partial charge in [0.2, 0.25) is 0 Å². The highest BCUT2D eigenvalue weighted by molar-refractivity contribution is 5.95. The number of carbonyl (C=O) groups is 2. The molecule has 0 saturated heterocycles. The highest BCUT2D eigenvalue weighted by atomic mass is 16.5. The van der Waals surface area contributed by atoms with Crippen LogP contribution in [0, 0.1) is 5.92 Å². The fourth-order valence-electron chi connectivity index (χ4n) is 2.45. The minimum Gasteiger partial charge on any atom is -0.493 e. The highest BCUT2D eigenvalue weighted by Gasteiger charge is 2.13. The van der Waals surface area contributed by atoms with Crippen LogP contribution in [0.25, 0.3) is 0 Å². The first-order valence-electron chi connectivity index (χ1n) is 8.70. The SMILES string of the molecule is CNC(=O)c1ccc(CN(C)C(=O)c2cccc(OCC(C)C)c2)cc1. The molecule has 5 nitrogen and oxygen atoms in total. The number of hydrogen-bond donors (Lipinski definition) is 1. The summed E-state index contributed by atoms with van der Waals surface area (Å²) in [6.07, 6.45) is 0. The van der Waals surface area contributed by atoms with Crippen LogP contribution in [0.2, 0.25) is 0 Å². The van der Waals surface area contributed by atoms with Crippen molar-refractivity contribution in [1.82, 2.24) is 10.2 Å². The molecule has 0 fully saturated rings. The van der Waals surface area contributed by atoms with Gasteiger partial charge in [0, 0.05) is 31.8 Å². The maximum atomic E-state index is 12.7. The Bertz CT molecular complexity index is 754. The quantitative estimate of drug-likeness (QED) is 0.829. The molecule has 0 atom stereocenters. The third-order valence-electron chi connectivity index (χ3n) is 3.87. The average molecular weight is 354 g/mol. The summed E-state index contributed by atoms with van der Waals surface area (Å²) in [4.78, 5) is 25.9. The molecule has 138 valence electrons. The summed E-state index contributed by atoms with van der Waals surface area (Å²) in [6, 6.07) is 14.5. The molecule has 0 aliphatic rings. The van der Waals surface area contributed by atoms with Crippen LogP contribution in [0.1, 0.15) is 40.1 Å². The van der Waals surface area contributed by atoms with E-state index in [-0.39, 0.29) is 11.8 Å². The highest BCUT2D eigenvalue weighted by Crippen LogP contribution is 2.17. The van der Waals surface area contributed by atoms with Crippen molar-refractivity contribution in [3.8, 4) is 5.75 Å². The molecule has 2 aromatic rings. The predicted octanol–water partition coefficient (Wildman–Crippen LogP) is 3.35. The number of nitrogens with zero attached hydrogens (tertiary/aromatic N) is 1. The Morgan fingerprint density at radius 2 is 1.77 bits per heavy atom. The second-order valence-electron chi connectivity index (χ2n) is 6.67. The maximum Gasteiger partial charge on any atom is 0.254 e. The largest absolute Gasteiger partial charge is 0.493 e. The molecule has 0 spiro atoms. The summed E-state index contributed by atoms with van der Waals surface area (Å²) >= 11 is 0. The summed E-state index contributed by atoms with van der Waals surface area (Å²) < 4.78 is 5.69. The van der Waals surface area contributed by atoms with E-state index >= 15 is 0 Å². The zero-order valence-electron chi connectivity index (χ0n) is 15.8. The van der Waals surface area contributed by atoms with Crippen LogP contribution in [-0.2, 0) is 6.54 Å². The lowest BCUT2D eigenvalue weighted by molar-refractivity contribution is 0.0784. The molecule has 0 bridgehead atoms. The summed E-state index contributed by atoms with van der Waals surface area (Å²) in [6.45, 7) is 5.24. The molecule has 1 N–H and O–H groups in total. The number of benzene rings is 2. The van der Waals surface area contributed by atoms with Gasteiger partial charge in [-0.2, -0.15) is 0 Å². The fourth-order valence-corrected chi connectivity index (χ4v) is 2.45. The van der Waals surface area contributed by atoms with Gasteiger partial charge in [0.1, 0.15) is 5.75 Å². The molecule has 0 saturated carbocycles. The predicted molar refractivity (Wildman–Crippen MR) is 102 cm³/mol. The summed E-state index contributed by atoms with van der Waals surface area (Å²) in [7, 11) is 3.36. The van der Waals surface area contributed by atoms with Crippen molar-refractivity contribution in [3.05, 3.63) is 65.2 Å². The van der Waals surface area contributed by atoms with Crippen molar-refractivity contribution >= 4 is 11.8 Å². The van der Waals surface area contributed by atoms with Crippen molar-refractivity contribution in [2.45, 2.75) is 20.4 Å². The molecule has 0 unspecified atom stereocenters. The molecular weight excluding hydrogens is 328 g/mol. The Morgan fingerprint density at radius 3 is 2.38 bits per heavy atom. The fraction of sp³-hybridized carbons (Fsp3) is 0.333. The Morgan fingerprint density at radius 1 is 1.08 bits per heavy atom. The van der Waals surface area contributed by atoms with E-state index in [4.69, 9.17) is 4.74 Å². The van der Waals surface area contributed by atoms with E-state index in [0.29, 0.717) is 35.9 Å². The third-order valence-corrected chi connectivity index (χ3v) is 3.87. The van der Waals surface area contributed by atoms with Gasteiger partial charge in [0.25, 0.3) is 11.8 Å². The molecule has 0 aliphatic heterocycles. The second kappa shape index (κ2) is 9.04. The van der Waals surface area contributed by atoms with Gasteiger partial charge >= 0.3 is 0 Å². The van der Waals surface area contributed by atoms with E-state index in [1.54, 1.807) is 43.3 Å². The topological polar surface area (TPSA) is 58.6 Å². The Kier molecular flexibility index (Phi) is 6.78. The van der Waals surface area contributed by atoms with Gasteiger partial charge in [-0.1, -0.05) is 32.0 Å². The molecule has 0 aliphatic carbocycles. The van der Waals surface area contributed by atoms with E-state index < -0.39 is 0 Å². The first-order chi connectivity index (χ1) is 12.4. The number of amides is 2. The van der Waals surface area contributed by atoms with Crippen LogP contribution >= 0.6 is 0 Å². The Labute approximate surface area is 155 Å². The lowest BCUT2D eigenvalue weighted by Gasteiger charge is -2.18.